The number of hydrogen-bond acceptors (Lipinski definition) is 3. The maximum atomic E-state index is 12.4. The number of amides is 1. The van der Waals surface area contributed by atoms with Gasteiger partial charge in [-0.2, -0.15) is 0 Å². The van der Waals surface area contributed by atoms with E-state index in [1.165, 1.54) is 0 Å². The van der Waals surface area contributed by atoms with Gasteiger partial charge in [0.05, 0.1) is 6.04 Å². The van der Waals surface area contributed by atoms with Crippen molar-refractivity contribution in [3.63, 3.8) is 0 Å². The van der Waals surface area contributed by atoms with Crippen LogP contribution in [0.2, 0.25) is 5.02 Å². The lowest BCUT2D eigenvalue weighted by atomic mass is 9.91. The van der Waals surface area contributed by atoms with E-state index in [4.69, 9.17) is 22.1 Å². The van der Waals surface area contributed by atoms with Gasteiger partial charge in [-0.25, -0.2) is 0 Å². The smallest absolute Gasteiger partial charge is 0.237 e. The van der Waals surface area contributed by atoms with Crippen LogP contribution in [0.1, 0.15) is 18.4 Å². The number of halogens is 1. The zero-order valence-electron chi connectivity index (χ0n) is 14.1. The Balaban J connectivity index is 1.67. The topological polar surface area (TPSA) is 64.4 Å². The molecule has 132 valence electrons. The molecule has 1 unspecified atom stereocenters. The van der Waals surface area contributed by atoms with Crippen LogP contribution in [-0.4, -0.2) is 25.2 Å². The first kappa shape index (κ1) is 17.9. The van der Waals surface area contributed by atoms with E-state index in [9.17, 15) is 4.79 Å². The summed E-state index contributed by atoms with van der Waals surface area (Å²) in [6.45, 7) is 1.82. The second-order valence-electron chi connectivity index (χ2n) is 6.36. The van der Waals surface area contributed by atoms with E-state index in [-0.39, 0.29) is 11.8 Å². The zero-order chi connectivity index (χ0) is 17.6. The highest BCUT2D eigenvalue weighted by atomic mass is 35.5. The SMILES string of the molecule is NC(C(=O)NCc1ccccc1-c1ccc(Cl)cc1)C1CCOCC1. The molecule has 0 aliphatic carbocycles. The molecule has 3 rings (SSSR count). The van der Waals surface area contributed by atoms with Gasteiger partial charge in [0, 0.05) is 24.8 Å². The number of nitrogens with two attached hydrogens (primary N) is 1. The number of rotatable bonds is 5. The molecule has 1 heterocycles. The summed E-state index contributed by atoms with van der Waals surface area (Å²) in [6, 6.07) is 15.2. The average molecular weight is 359 g/mol. The molecule has 1 aliphatic heterocycles. The quantitative estimate of drug-likeness (QED) is 0.861. The summed E-state index contributed by atoms with van der Waals surface area (Å²) >= 11 is 5.97. The molecule has 0 radical (unpaired) electrons. The van der Waals surface area contributed by atoms with Gasteiger partial charge in [-0.3, -0.25) is 4.79 Å². The first-order valence-electron chi connectivity index (χ1n) is 8.60. The molecule has 2 aromatic rings. The lowest BCUT2D eigenvalue weighted by Crippen LogP contribution is -2.46. The van der Waals surface area contributed by atoms with Crippen molar-refractivity contribution in [2.24, 2.45) is 11.7 Å². The molecule has 1 aliphatic rings. The van der Waals surface area contributed by atoms with Crippen molar-refractivity contribution >= 4 is 17.5 Å². The molecule has 1 amide bonds. The number of benzene rings is 2. The van der Waals surface area contributed by atoms with Crippen molar-refractivity contribution in [3.05, 3.63) is 59.1 Å². The largest absolute Gasteiger partial charge is 0.381 e. The lowest BCUT2D eigenvalue weighted by Gasteiger charge is -2.26. The minimum atomic E-state index is -0.480. The van der Waals surface area contributed by atoms with Crippen LogP contribution in [0, 0.1) is 5.92 Å². The summed E-state index contributed by atoms with van der Waals surface area (Å²) in [6.07, 6.45) is 1.69. The summed E-state index contributed by atoms with van der Waals surface area (Å²) in [5.74, 6) is 0.0954. The zero-order valence-corrected chi connectivity index (χ0v) is 14.8. The molecule has 1 atom stereocenters. The summed E-state index contributed by atoms with van der Waals surface area (Å²) in [4.78, 5) is 12.4. The standard InChI is InChI=1S/C20H23ClN2O2/c21-17-7-5-14(6-8-17)18-4-2-1-3-16(18)13-23-20(24)19(22)15-9-11-25-12-10-15/h1-8,15,19H,9-13,22H2,(H,23,24). The van der Waals surface area contributed by atoms with Crippen LogP contribution in [0.4, 0.5) is 0 Å². The summed E-state index contributed by atoms with van der Waals surface area (Å²) in [7, 11) is 0. The highest BCUT2D eigenvalue weighted by Gasteiger charge is 2.26. The van der Waals surface area contributed by atoms with E-state index in [1.54, 1.807) is 0 Å². The van der Waals surface area contributed by atoms with Gasteiger partial charge in [0.15, 0.2) is 0 Å². The van der Waals surface area contributed by atoms with Gasteiger partial charge in [-0.1, -0.05) is 48.0 Å². The predicted octanol–water partition coefficient (Wildman–Crippen LogP) is 3.38. The van der Waals surface area contributed by atoms with E-state index in [1.807, 2.05) is 48.5 Å². The van der Waals surface area contributed by atoms with E-state index >= 15 is 0 Å². The average Bonchev–Trinajstić information content (AvgIpc) is 2.67. The molecule has 1 saturated heterocycles. The van der Waals surface area contributed by atoms with Gasteiger partial charge in [-0.05, 0) is 47.6 Å². The summed E-state index contributed by atoms with van der Waals surface area (Å²) < 4.78 is 5.34. The van der Waals surface area contributed by atoms with Gasteiger partial charge in [0.2, 0.25) is 5.91 Å². The third kappa shape index (κ3) is 4.60. The number of carbonyl (C=O) groups is 1. The number of carbonyl (C=O) groups excluding carboxylic acids is 1. The number of ether oxygens (including phenoxy) is 1. The molecule has 2 aromatic carbocycles. The lowest BCUT2D eigenvalue weighted by molar-refractivity contribution is -0.124. The molecule has 3 N–H and O–H groups in total. The predicted molar refractivity (Wildman–Crippen MR) is 100 cm³/mol. The van der Waals surface area contributed by atoms with Crippen molar-refractivity contribution in [3.8, 4) is 11.1 Å². The van der Waals surface area contributed by atoms with Crippen LogP contribution >= 0.6 is 11.6 Å². The molecule has 1 fully saturated rings. The van der Waals surface area contributed by atoms with Crippen LogP contribution in [0.5, 0.6) is 0 Å². The fraction of sp³-hybridized carbons (Fsp3) is 0.350. The normalized spacial score (nSPS) is 16.4. The number of hydrogen-bond donors (Lipinski definition) is 2. The van der Waals surface area contributed by atoms with Gasteiger partial charge in [0.1, 0.15) is 0 Å². The van der Waals surface area contributed by atoms with Crippen molar-refractivity contribution in [1.82, 2.24) is 5.32 Å². The third-order valence-electron chi connectivity index (χ3n) is 4.70. The Bertz CT molecular complexity index is 712. The van der Waals surface area contributed by atoms with Crippen molar-refractivity contribution in [1.29, 1.82) is 0 Å². The maximum Gasteiger partial charge on any atom is 0.237 e. The van der Waals surface area contributed by atoms with Gasteiger partial charge in [0.25, 0.3) is 0 Å². The molecular weight excluding hydrogens is 336 g/mol. The summed E-state index contributed by atoms with van der Waals surface area (Å²) in [5, 5.41) is 3.69. The van der Waals surface area contributed by atoms with Gasteiger partial charge in [-0.15, -0.1) is 0 Å². The fourth-order valence-electron chi connectivity index (χ4n) is 3.17. The first-order valence-corrected chi connectivity index (χ1v) is 8.98. The Morgan fingerprint density at radius 3 is 2.56 bits per heavy atom. The molecule has 25 heavy (non-hydrogen) atoms. The van der Waals surface area contributed by atoms with Crippen molar-refractivity contribution in [2.45, 2.75) is 25.4 Å². The van der Waals surface area contributed by atoms with Gasteiger partial charge >= 0.3 is 0 Å². The van der Waals surface area contributed by atoms with Crippen LogP contribution in [0.25, 0.3) is 11.1 Å². The Labute approximate surface area is 153 Å². The maximum absolute atomic E-state index is 12.4. The number of nitrogens with one attached hydrogen (secondary N) is 1. The Morgan fingerprint density at radius 2 is 1.84 bits per heavy atom. The third-order valence-corrected chi connectivity index (χ3v) is 4.95. The minimum absolute atomic E-state index is 0.0993. The second kappa shape index (κ2) is 8.48. The molecule has 0 aromatic heterocycles. The first-order chi connectivity index (χ1) is 12.1. The fourth-order valence-corrected chi connectivity index (χ4v) is 3.30. The molecular formula is C20H23ClN2O2. The van der Waals surface area contributed by atoms with Crippen LogP contribution in [0.15, 0.2) is 48.5 Å². The highest BCUT2D eigenvalue weighted by molar-refractivity contribution is 6.30. The van der Waals surface area contributed by atoms with E-state index in [0.717, 1.165) is 29.5 Å². The Hall–Kier alpha value is -1.88. The van der Waals surface area contributed by atoms with Crippen molar-refractivity contribution < 1.29 is 9.53 Å². The summed E-state index contributed by atoms with van der Waals surface area (Å²) in [5.41, 5.74) is 9.35. The molecule has 0 bridgehead atoms. The van der Waals surface area contributed by atoms with Crippen LogP contribution in [0.3, 0.4) is 0 Å². The van der Waals surface area contributed by atoms with E-state index < -0.39 is 6.04 Å². The molecule has 0 spiro atoms. The Kier molecular flexibility index (Phi) is 6.08. The van der Waals surface area contributed by atoms with E-state index in [2.05, 4.69) is 5.32 Å². The highest BCUT2D eigenvalue weighted by Crippen LogP contribution is 2.25. The second-order valence-corrected chi connectivity index (χ2v) is 6.79. The van der Waals surface area contributed by atoms with Crippen molar-refractivity contribution in [2.75, 3.05) is 13.2 Å². The monoisotopic (exact) mass is 358 g/mol. The minimum Gasteiger partial charge on any atom is -0.381 e. The molecule has 0 saturated carbocycles. The molecule has 5 heteroatoms. The van der Waals surface area contributed by atoms with Crippen LogP contribution < -0.4 is 11.1 Å². The Morgan fingerprint density at radius 1 is 1.16 bits per heavy atom. The molecule has 4 nitrogen and oxygen atoms in total. The van der Waals surface area contributed by atoms with Gasteiger partial charge < -0.3 is 15.8 Å². The van der Waals surface area contributed by atoms with Crippen LogP contribution in [-0.2, 0) is 16.1 Å². The van der Waals surface area contributed by atoms with E-state index in [0.29, 0.717) is 24.8 Å².